The Hall–Kier alpha value is -2.24. The van der Waals surface area contributed by atoms with E-state index in [-0.39, 0.29) is 53.8 Å². The lowest BCUT2D eigenvalue weighted by atomic mass is 10.1. The predicted octanol–water partition coefficient (Wildman–Crippen LogP) is 2.26. The molecule has 3 rings (SSSR count). The van der Waals surface area contributed by atoms with Crippen molar-refractivity contribution in [2.45, 2.75) is 45.6 Å². The van der Waals surface area contributed by atoms with Crippen molar-refractivity contribution >= 4 is 47.4 Å². The number of ether oxygens (including phenoxy) is 2. The van der Waals surface area contributed by atoms with Gasteiger partial charge in [-0.1, -0.05) is 0 Å². The van der Waals surface area contributed by atoms with Crippen LogP contribution in [0.3, 0.4) is 0 Å². The maximum absolute atomic E-state index is 12.2. The fourth-order valence-electron chi connectivity index (χ4n) is 2.98. The first-order chi connectivity index (χ1) is 14.8. The molecule has 4 N–H and O–H groups in total. The smallest absolute Gasteiger partial charge is 0.242 e. The molecule has 2 amide bonds. The lowest BCUT2D eigenvalue weighted by Crippen LogP contribution is -2.43. The van der Waals surface area contributed by atoms with Crippen LogP contribution < -0.4 is 30.7 Å². The number of nitrogens with one attached hydrogen (secondary N) is 4. The van der Waals surface area contributed by atoms with Gasteiger partial charge in [-0.05, 0) is 45.7 Å². The largest absolute Gasteiger partial charge is 0.490 e. The number of benzene rings is 1. The number of nitrogens with zero attached hydrogens (tertiary/aromatic N) is 1. The molecule has 1 aliphatic heterocycles. The normalized spacial score (nSPS) is 15.7. The molecule has 0 bridgehead atoms. The Labute approximate surface area is 206 Å². The van der Waals surface area contributed by atoms with Crippen LogP contribution in [0.1, 0.15) is 40.0 Å². The average Bonchev–Trinajstić information content (AvgIpc) is 3.54. The quantitative estimate of drug-likeness (QED) is 0.177. The van der Waals surface area contributed by atoms with Crippen molar-refractivity contribution < 1.29 is 19.1 Å². The number of rotatable bonds is 7. The lowest BCUT2D eigenvalue weighted by Gasteiger charge is -2.20. The Morgan fingerprint density at radius 1 is 1.06 bits per heavy atom. The summed E-state index contributed by atoms with van der Waals surface area (Å²) in [5.41, 5.74) is 0.434. The van der Waals surface area contributed by atoms with Gasteiger partial charge < -0.3 is 30.7 Å². The third-order valence-electron chi connectivity index (χ3n) is 4.57. The number of amides is 2. The Morgan fingerprint density at radius 2 is 1.75 bits per heavy atom. The topological polar surface area (TPSA) is 113 Å². The van der Waals surface area contributed by atoms with E-state index in [0.717, 1.165) is 24.9 Å². The van der Waals surface area contributed by atoms with E-state index in [9.17, 15) is 9.59 Å². The number of aliphatic imine (C=N–C) groups is 1. The Kier molecular flexibility index (Phi) is 9.85. The van der Waals surface area contributed by atoms with Gasteiger partial charge in [0.15, 0.2) is 17.5 Å². The van der Waals surface area contributed by atoms with Crippen molar-refractivity contribution in [1.29, 1.82) is 0 Å². The van der Waals surface area contributed by atoms with Gasteiger partial charge in [-0.2, -0.15) is 0 Å². The van der Waals surface area contributed by atoms with Gasteiger partial charge in [0.05, 0.1) is 13.2 Å². The highest BCUT2D eigenvalue weighted by Gasteiger charge is 2.29. The lowest BCUT2D eigenvalue weighted by molar-refractivity contribution is -0.122. The molecule has 1 saturated carbocycles. The molecule has 0 atom stereocenters. The summed E-state index contributed by atoms with van der Waals surface area (Å²) in [5, 5.41) is 12.2. The van der Waals surface area contributed by atoms with Gasteiger partial charge in [0.25, 0.3) is 0 Å². The number of hydrogen-bond donors (Lipinski definition) is 4. The molecule has 0 radical (unpaired) electrons. The van der Waals surface area contributed by atoms with E-state index in [1.54, 1.807) is 0 Å². The van der Waals surface area contributed by atoms with Crippen molar-refractivity contribution in [3.05, 3.63) is 18.2 Å². The maximum Gasteiger partial charge on any atom is 0.242 e. The van der Waals surface area contributed by atoms with Crippen LogP contribution in [-0.4, -0.2) is 56.2 Å². The number of halogens is 1. The van der Waals surface area contributed by atoms with Crippen LogP contribution in [0.25, 0.3) is 0 Å². The van der Waals surface area contributed by atoms with Gasteiger partial charge in [-0.25, -0.2) is 4.99 Å². The first-order valence-electron chi connectivity index (χ1n) is 10.8. The monoisotopic (exact) mass is 559 g/mol. The van der Waals surface area contributed by atoms with Gasteiger partial charge in [-0.3, -0.25) is 9.59 Å². The van der Waals surface area contributed by atoms with Crippen LogP contribution >= 0.6 is 24.0 Å². The summed E-state index contributed by atoms with van der Waals surface area (Å²) < 4.78 is 11.4. The first-order valence-corrected chi connectivity index (χ1v) is 10.8. The van der Waals surface area contributed by atoms with E-state index in [1.165, 1.54) is 0 Å². The van der Waals surface area contributed by atoms with E-state index in [1.807, 2.05) is 39.0 Å². The molecule has 0 aromatic heterocycles. The molecule has 0 saturated heterocycles. The maximum atomic E-state index is 12.2. The third-order valence-corrected chi connectivity index (χ3v) is 4.57. The molecule has 1 aromatic carbocycles. The summed E-state index contributed by atoms with van der Waals surface area (Å²) >= 11 is 0. The van der Waals surface area contributed by atoms with Crippen LogP contribution in [0.15, 0.2) is 23.2 Å². The van der Waals surface area contributed by atoms with E-state index in [4.69, 9.17) is 9.47 Å². The zero-order chi connectivity index (χ0) is 22.3. The number of fused-ring (bicyclic) bond motifs is 1. The summed E-state index contributed by atoms with van der Waals surface area (Å²) in [4.78, 5) is 28.4. The van der Waals surface area contributed by atoms with Gasteiger partial charge in [0.2, 0.25) is 11.8 Å². The summed E-state index contributed by atoms with van der Waals surface area (Å²) in [7, 11) is 0. The van der Waals surface area contributed by atoms with Crippen molar-refractivity contribution in [1.82, 2.24) is 16.0 Å². The van der Waals surface area contributed by atoms with Crippen molar-refractivity contribution in [2.75, 3.05) is 38.2 Å². The second kappa shape index (κ2) is 12.1. The number of guanidine groups is 1. The van der Waals surface area contributed by atoms with Crippen molar-refractivity contribution in [3.63, 3.8) is 0 Å². The molecule has 1 heterocycles. The zero-order valence-corrected chi connectivity index (χ0v) is 21.3. The molecule has 2 aliphatic rings. The minimum absolute atomic E-state index is 0. The number of carbonyl (C=O) groups is 2. The van der Waals surface area contributed by atoms with Crippen LogP contribution in [-0.2, 0) is 9.59 Å². The Morgan fingerprint density at radius 3 is 2.44 bits per heavy atom. The molecule has 1 fully saturated rings. The minimum atomic E-state index is -0.324. The standard InChI is InChI=1S/C22H33N5O4.HI/c1-22(2,3)27-19(28)14-25-21(24-10-9-23-20(29)15-5-6-15)26-16-7-8-17-18(13-16)31-12-4-11-30-17;/h7-8,13,15H,4-6,9-12,14H2,1-3H3,(H,23,29)(H,27,28)(H2,24,25,26);1H. The second-order valence-corrected chi connectivity index (χ2v) is 8.79. The molecule has 178 valence electrons. The fourth-order valence-corrected chi connectivity index (χ4v) is 2.98. The van der Waals surface area contributed by atoms with Gasteiger partial charge in [-0.15, -0.1) is 24.0 Å². The number of anilines is 1. The van der Waals surface area contributed by atoms with Gasteiger partial charge in [0, 0.05) is 42.7 Å². The van der Waals surface area contributed by atoms with Crippen LogP contribution in [0.2, 0.25) is 0 Å². The third kappa shape index (κ3) is 9.09. The molecule has 1 aliphatic carbocycles. The average molecular weight is 559 g/mol. The highest BCUT2D eigenvalue weighted by Crippen LogP contribution is 2.32. The molecule has 1 aromatic rings. The molecule has 32 heavy (non-hydrogen) atoms. The second-order valence-electron chi connectivity index (χ2n) is 8.79. The van der Waals surface area contributed by atoms with Gasteiger partial charge >= 0.3 is 0 Å². The zero-order valence-electron chi connectivity index (χ0n) is 19.0. The molecular formula is C22H34IN5O4. The summed E-state index contributed by atoms with van der Waals surface area (Å²) in [6.07, 6.45) is 2.78. The SMILES string of the molecule is CC(C)(C)NC(=O)CN=C(NCCNC(=O)C1CC1)Nc1ccc2c(c1)OCCCO2.I. The van der Waals surface area contributed by atoms with Crippen LogP contribution in [0.4, 0.5) is 5.69 Å². The number of hydrogen-bond acceptors (Lipinski definition) is 5. The Balaban J connectivity index is 0.00000363. The first kappa shape index (κ1) is 26.0. The molecule has 0 unspecified atom stereocenters. The van der Waals surface area contributed by atoms with Crippen molar-refractivity contribution in [3.8, 4) is 11.5 Å². The predicted molar refractivity (Wildman–Crippen MR) is 135 cm³/mol. The summed E-state index contributed by atoms with van der Waals surface area (Å²) in [5.74, 6) is 1.93. The molecular weight excluding hydrogens is 525 g/mol. The minimum Gasteiger partial charge on any atom is -0.490 e. The summed E-state index contributed by atoms with van der Waals surface area (Å²) in [6, 6.07) is 5.57. The summed E-state index contributed by atoms with van der Waals surface area (Å²) in [6.45, 7) is 7.94. The van der Waals surface area contributed by atoms with E-state index in [0.29, 0.717) is 43.8 Å². The number of carbonyl (C=O) groups excluding carboxylic acids is 2. The van der Waals surface area contributed by atoms with E-state index < -0.39 is 0 Å². The van der Waals surface area contributed by atoms with Gasteiger partial charge in [0.1, 0.15) is 6.54 Å². The van der Waals surface area contributed by atoms with Crippen molar-refractivity contribution in [2.24, 2.45) is 10.9 Å². The Bertz CT molecular complexity index is 821. The molecule has 10 heteroatoms. The van der Waals surface area contributed by atoms with Crippen LogP contribution in [0.5, 0.6) is 11.5 Å². The fraction of sp³-hybridized carbons (Fsp3) is 0.591. The molecule has 0 spiro atoms. The van der Waals surface area contributed by atoms with E-state index >= 15 is 0 Å². The van der Waals surface area contributed by atoms with E-state index in [2.05, 4.69) is 26.3 Å². The van der Waals surface area contributed by atoms with Crippen LogP contribution in [0, 0.1) is 5.92 Å². The highest BCUT2D eigenvalue weighted by atomic mass is 127. The highest BCUT2D eigenvalue weighted by molar-refractivity contribution is 14.0. The molecule has 9 nitrogen and oxygen atoms in total.